The first kappa shape index (κ1) is 13.2. The summed E-state index contributed by atoms with van der Waals surface area (Å²) in [4.78, 5) is 11.9. The van der Waals surface area contributed by atoms with Gasteiger partial charge in [0.2, 0.25) is 0 Å². The number of benzene rings is 2. The van der Waals surface area contributed by atoms with Crippen LogP contribution in [0.1, 0.15) is 21.5 Å². The van der Waals surface area contributed by atoms with Gasteiger partial charge in [0.25, 0.3) is 5.91 Å². The summed E-state index contributed by atoms with van der Waals surface area (Å²) in [6.45, 7) is 3.33. The number of hydrogen-bond acceptors (Lipinski definition) is 1. The lowest BCUT2D eigenvalue weighted by Crippen LogP contribution is -2.13. The topological polar surface area (TPSA) is 29.1 Å². The maximum Gasteiger partial charge on any atom is 0.255 e. The van der Waals surface area contributed by atoms with Gasteiger partial charge in [-0.15, -0.1) is 0 Å². The Balaban J connectivity index is 2.23. The highest BCUT2D eigenvalue weighted by atomic mass is 19.1. The molecule has 0 saturated carbocycles. The molecule has 0 aliphatic rings. The van der Waals surface area contributed by atoms with Gasteiger partial charge in [-0.05, 0) is 55.3 Å². The number of nitrogens with one attached hydrogen (secondary N) is 1. The Morgan fingerprint density at radius 2 is 1.74 bits per heavy atom. The van der Waals surface area contributed by atoms with Crippen LogP contribution in [0.25, 0.3) is 0 Å². The molecule has 98 valence electrons. The van der Waals surface area contributed by atoms with E-state index in [4.69, 9.17) is 0 Å². The Morgan fingerprint density at radius 3 is 2.37 bits per heavy atom. The third-order valence-corrected chi connectivity index (χ3v) is 2.79. The van der Waals surface area contributed by atoms with Crippen molar-refractivity contribution >= 4 is 11.6 Å². The number of carbonyl (C=O) groups excluding carboxylic acids is 1. The van der Waals surface area contributed by atoms with Crippen molar-refractivity contribution in [3.8, 4) is 0 Å². The fraction of sp³-hybridized carbons (Fsp3) is 0.133. The van der Waals surface area contributed by atoms with Crippen molar-refractivity contribution in [3.63, 3.8) is 0 Å². The second kappa shape index (κ2) is 5.18. The molecule has 1 amide bonds. The number of rotatable bonds is 2. The summed E-state index contributed by atoms with van der Waals surface area (Å²) in [5.74, 6) is -1.34. The van der Waals surface area contributed by atoms with E-state index < -0.39 is 11.7 Å². The lowest BCUT2D eigenvalue weighted by Gasteiger charge is -2.08. The van der Waals surface area contributed by atoms with E-state index in [1.165, 1.54) is 30.3 Å². The minimum Gasteiger partial charge on any atom is -0.319 e. The second-order valence-corrected chi connectivity index (χ2v) is 4.40. The molecule has 1 N–H and O–H groups in total. The lowest BCUT2D eigenvalue weighted by atomic mass is 10.1. The predicted octanol–water partition coefficient (Wildman–Crippen LogP) is 3.83. The maximum atomic E-state index is 13.6. The molecule has 0 heterocycles. The molecule has 0 aliphatic carbocycles. The normalized spacial score (nSPS) is 10.3. The molecule has 0 spiro atoms. The fourth-order valence-electron chi connectivity index (χ4n) is 1.70. The number of halogens is 2. The van der Waals surface area contributed by atoms with Gasteiger partial charge < -0.3 is 5.32 Å². The molecule has 19 heavy (non-hydrogen) atoms. The van der Waals surface area contributed by atoms with Gasteiger partial charge in [-0.25, -0.2) is 8.78 Å². The van der Waals surface area contributed by atoms with Gasteiger partial charge >= 0.3 is 0 Å². The highest BCUT2D eigenvalue weighted by Crippen LogP contribution is 2.17. The van der Waals surface area contributed by atoms with Crippen LogP contribution in [0.2, 0.25) is 0 Å². The van der Waals surface area contributed by atoms with E-state index in [1.54, 1.807) is 19.9 Å². The van der Waals surface area contributed by atoms with Crippen LogP contribution in [0.15, 0.2) is 36.4 Å². The first-order chi connectivity index (χ1) is 8.97. The van der Waals surface area contributed by atoms with Crippen molar-refractivity contribution in [3.05, 3.63) is 64.7 Å². The van der Waals surface area contributed by atoms with Crippen molar-refractivity contribution in [2.24, 2.45) is 0 Å². The second-order valence-electron chi connectivity index (χ2n) is 4.40. The Morgan fingerprint density at radius 1 is 1.00 bits per heavy atom. The Hall–Kier alpha value is -2.23. The summed E-state index contributed by atoms with van der Waals surface area (Å²) >= 11 is 0. The molecule has 0 unspecified atom stereocenters. The van der Waals surface area contributed by atoms with E-state index in [1.807, 2.05) is 0 Å². The van der Waals surface area contributed by atoms with Crippen molar-refractivity contribution < 1.29 is 13.6 Å². The summed E-state index contributed by atoms with van der Waals surface area (Å²) in [6, 6.07) is 8.55. The van der Waals surface area contributed by atoms with Crippen LogP contribution in [0.4, 0.5) is 14.5 Å². The number of hydrogen-bond donors (Lipinski definition) is 1. The summed E-state index contributed by atoms with van der Waals surface area (Å²) in [5, 5.41) is 2.46. The summed E-state index contributed by atoms with van der Waals surface area (Å²) in [6.07, 6.45) is 0. The van der Waals surface area contributed by atoms with Crippen molar-refractivity contribution in [1.82, 2.24) is 0 Å². The van der Waals surface area contributed by atoms with Crippen LogP contribution < -0.4 is 5.32 Å². The van der Waals surface area contributed by atoms with Crippen molar-refractivity contribution in [2.75, 3.05) is 5.32 Å². The first-order valence-electron chi connectivity index (χ1n) is 5.81. The molecule has 0 saturated heterocycles. The number of amides is 1. The lowest BCUT2D eigenvalue weighted by molar-refractivity contribution is 0.102. The first-order valence-corrected chi connectivity index (χ1v) is 5.81. The summed E-state index contributed by atoms with van der Waals surface area (Å²) < 4.78 is 26.7. The standard InChI is InChI=1S/C15H13F2NO/c1-9-3-6-14(13(17)7-9)18-15(19)11-4-5-12(16)10(2)8-11/h3-8H,1-2H3,(H,18,19). The van der Waals surface area contributed by atoms with Crippen molar-refractivity contribution in [2.45, 2.75) is 13.8 Å². The minimum atomic E-state index is -0.493. The van der Waals surface area contributed by atoms with Gasteiger partial charge in [-0.1, -0.05) is 6.07 Å². The van der Waals surface area contributed by atoms with Gasteiger partial charge in [0.15, 0.2) is 0 Å². The highest BCUT2D eigenvalue weighted by Gasteiger charge is 2.10. The fourth-order valence-corrected chi connectivity index (χ4v) is 1.70. The van der Waals surface area contributed by atoms with Crippen molar-refractivity contribution in [1.29, 1.82) is 0 Å². The zero-order chi connectivity index (χ0) is 14.0. The molecule has 0 radical (unpaired) electrons. The van der Waals surface area contributed by atoms with Gasteiger partial charge in [-0.2, -0.15) is 0 Å². The van der Waals surface area contributed by atoms with Crippen LogP contribution in [-0.4, -0.2) is 5.91 Å². The van der Waals surface area contributed by atoms with Crippen LogP contribution in [0, 0.1) is 25.5 Å². The Bertz CT molecular complexity index is 638. The third-order valence-electron chi connectivity index (χ3n) is 2.79. The van der Waals surface area contributed by atoms with Crippen LogP contribution in [-0.2, 0) is 0 Å². The maximum absolute atomic E-state index is 13.6. The number of aryl methyl sites for hydroxylation is 2. The predicted molar refractivity (Wildman–Crippen MR) is 70.2 cm³/mol. The Labute approximate surface area is 110 Å². The van der Waals surface area contributed by atoms with E-state index in [9.17, 15) is 13.6 Å². The number of carbonyl (C=O) groups is 1. The average Bonchev–Trinajstić information content (AvgIpc) is 2.36. The van der Waals surface area contributed by atoms with Crippen LogP contribution >= 0.6 is 0 Å². The van der Waals surface area contributed by atoms with Gasteiger partial charge in [0.05, 0.1) is 5.69 Å². The smallest absolute Gasteiger partial charge is 0.255 e. The molecule has 2 rings (SSSR count). The van der Waals surface area contributed by atoms with Gasteiger partial charge in [0, 0.05) is 5.56 Å². The molecule has 0 aromatic heterocycles. The quantitative estimate of drug-likeness (QED) is 0.874. The third kappa shape index (κ3) is 2.96. The molecule has 0 atom stereocenters. The van der Waals surface area contributed by atoms with E-state index in [-0.39, 0.29) is 11.5 Å². The summed E-state index contributed by atoms with van der Waals surface area (Å²) in [7, 11) is 0. The molecule has 0 fully saturated rings. The highest BCUT2D eigenvalue weighted by molar-refractivity contribution is 6.04. The molecule has 2 aromatic rings. The molecular formula is C15H13F2NO. The minimum absolute atomic E-state index is 0.109. The van der Waals surface area contributed by atoms with Crippen LogP contribution in [0.3, 0.4) is 0 Å². The van der Waals surface area contributed by atoms with E-state index in [0.717, 1.165) is 5.56 Å². The average molecular weight is 261 g/mol. The monoisotopic (exact) mass is 261 g/mol. The zero-order valence-electron chi connectivity index (χ0n) is 10.6. The Kier molecular flexibility index (Phi) is 3.60. The molecule has 0 bridgehead atoms. The zero-order valence-corrected chi connectivity index (χ0v) is 10.6. The largest absolute Gasteiger partial charge is 0.319 e. The van der Waals surface area contributed by atoms with E-state index in [0.29, 0.717) is 11.1 Å². The summed E-state index contributed by atoms with van der Waals surface area (Å²) in [5.41, 5.74) is 1.54. The van der Waals surface area contributed by atoms with Gasteiger partial charge in [0.1, 0.15) is 11.6 Å². The molecule has 0 aliphatic heterocycles. The molecule has 2 aromatic carbocycles. The molecule has 2 nitrogen and oxygen atoms in total. The van der Waals surface area contributed by atoms with E-state index in [2.05, 4.69) is 5.32 Å². The van der Waals surface area contributed by atoms with Gasteiger partial charge in [-0.3, -0.25) is 4.79 Å². The number of anilines is 1. The SMILES string of the molecule is Cc1ccc(NC(=O)c2ccc(F)c(C)c2)c(F)c1. The van der Waals surface area contributed by atoms with Crippen LogP contribution in [0.5, 0.6) is 0 Å². The molecular weight excluding hydrogens is 248 g/mol. The van der Waals surface area contributed by atoms with E-state index >= 15 is 0 Å². The molecule has 4 heteroatoms.